The molecule has 4 rings (SSSR count). The highest BCUT2D eigenvalue weighted by Crippen LogP contribution is 2.62. The van der Waals surface area contributed by atoms with Crippen molar-refractivity contribution in [3.8, 4) is 0 Å². The van der Waals surface area contributed by atoms with Crippen LogP contribution in [0, 0.1) is 30.1 Å². The molecule has 0 aliphatic heterocycles. The van der Waals surface area contributed by atoms with Crippen LogP contribution in [0.5, 0.6) is 0 Å². The third-order valence-corrected chi connectivity index (χ3v) is 3.59. The van der Waals surface area contributed by atoms with Gasteiger partial charge in [0.15, 0.2) is 0 Å². The maximum atomic E-state index is 3.69. The van der Waals surface area contributed by atoms with Crippen molar-refractivity contribution in [2.75, 3.05) is 0 Å². The zero-order valence-corrected chi connectivity index (χ0v) is 5.64. The molecule has 0 N–H and O–H groups in total. The lowest BCUT2D eigenvalue weighted by molar-refractivity contribution is 0.0983. The Kier molecular flexibility index (Phi) is 0.717. The molecule has 4 unspecified atom stereocenters. The lowest BCUT2D eigenvalue weighted by Gasteiger charge is -2.40. The van der Waals surface area contributed by atoms with E-state index < -0.39 is 0 Å². The molecular formula is C9H12. The monoisotopic (exact) mass is 120 g/mol. The third kappa shape index (κ3) is 0.426. The number of hydrogen-bond acceptors (Lipinski definition) is 0. The van der Waals surface area contributed by atoms with Crippen LogP contribution in [-0.2, 0) is 0 Å². The molecule has 4 aliphatic carbocycles. The summed E-state index contributed by atoms with van der Waals surface area (Å²) in [6, 6.07) is 0. The first kappa shape index (κ1) is 4.76. The highest BCUT2D eigenvalue weighted by atomic mass is 14.6. The zero-order valence-electron chi connectivity index (χ0n) is 5.64. The highest BCUT2D eigenvalue weighted by Gasteiger charge is 2.54. The Hall–Kier alpha value is 0. The second kappa shape index (κ2) is 1.36. The van der Waals surface area contributed by atoms with Crippen LogP contribution in [0.1, 0.15) is 25.7 Å². The van der Waals surface area contributed by atoms with Crippen molar-refractivity contribution in [1.29, 1.82) is 0 Å². The maximum Gasteiger partial charge on any atom is -0.00999 e. The van der Waals surface area contributed by atoms with Gasteiger partial charge in [0.05, 0.1) is 0 Å². The van der Waals surface area contributed by atoms with E-state index in [4.69, 9.17) is 0 Å². The van der Waals surface area contributed by atoms with Gasteiger partial charge in [-0.15, -0.1) is 0 Å². The second-order valence-electron chi connectivity index (χ2n) is 3.87. The van der Waals surface area contributed by atoms with Crippen LogP contribution in [-0.4, -0.2) is 0 Å². The van der Waals surface area contributed by atoms with Crippen LogP contribution in [0.3, 0.4) is 0 Å². The highest BCUT2D eigenvalue weighted by molar-refractivity contribution is 5.13. The van der Waals surface area contributed by atoms with Crippen LogP contribution in [0.4, 0.5) is 0 Å². The van der Waals surface area contributed by atoms with Crippen molar-refractivity contribution < 1.29 is 0 Å². The predicted molar refractivity (Wildman–Crippen MR) is 35.7 cm³/mol. The Labute approximate surface area is 56.6 Å². The summed E-state index contributed by atoms with van der Waals surface area (Å²) < 4.78 is 0. The number of hydrogen-bond donors (Lipinski definition) is 0. The molecule has 4 fully saturated rings. The second-order valence-corrected chi connectivity index (χ2v) is 3.87. The summed E-state index contributed by atoms with van der Waals surface area (Å²) in [7, 11) is 0. The summed E-state index contributed by atoms with van der Waals surface area (Å²) >= 11 is 0. The van der Waals surface area contributed by atoms with Gasteiger partial charge in [0.2, 0.25) is 0 Å². The lowest BCUT2D eigenvalue weighted by atomic mass is 9.65. The molecular weight excluding hydrogens is 108 g/mol. The third-order valence-electron chi connectivity index (χ3n) is 3.59. The summed E-state index contributed by atoms with van der Waals surface area (Å²) in [6.07, 6.45) is 9.69. The van der Waals surface area contributed by atoms with Crippen LogP contribution < -0.4 is 0 Å². The van der Waals surface area contributed by atoms with Crippen molar-refractivity contribution in [3.05, 3.63) is 6.42 Å². The molecule has 0 spiro atoms. The fourth-order valence-electron chi connectivity index (χ4n) is 3.08. The van der Waals surface area contributed by atoms with Crippen molar-refractivity contribution in [1.82, 2.24) is 0 Å². The Morgan fingerprint density at radius 3 is 2.78 bits per heavy atom. The minimum Gasteiger partial charge on any atom is -0.0527 e. The van der Waals surface area contributed by atoms with Crippen molar-refractivity contribution in [2.24, 2.45) is 23.7 Å². The summed E-state index contributed by atoms with van der Waals surface area (Å²) in [5.41, 5.74) is 0. The average Bonchev–Trinajstić information content (AvgIpc) is 2.30. The Balaban J connectivity index is 1.95. The SMILES string of the molecule is [C]1C2CC3C1CCCC23. The van der Waals surface area contributed by atoms with Crippen molar-refractivity contribution in [3.63, 3.8) is 0 Å². The summed E-state index contributed by atoms with van der Waals surface area (Å²) in [5.74, 6) is 4.14. The van der Waals surface area contributed by atoms with Gasteiger partial charge in [-0.05, 0) is 49.4 Å². The molecule has 4 bridgehead atoms. The summed E-state index contributed by atoms with van der Waals surface area (Å²) in [5, 5.41) is 0. The molecule has 0 aromatic heterocycles. The molecule has 0 heteroatoms. The lowest BCUT2D eigenvalue weighted by Crippen LogP contribution is -2.31. The summed E-state index contributed by atoms with van der Waals surface area (Å²) in [4.78, 5) is 0. The van der Waals surface area contributed by atoms with Gasteiger partial charge in [-0.2, -0.15) is 0 Å². The van der Waals surface area contributed by atoms with Crippen molar-refractivity contribution in [2.45, 2.75) is 25.7 Å². The standard InChI is InChI=1S/C9H12/c1-2-6-4-7-5-9(6)8(7)3-1/h6-9H,1-3,5H2. The van der Waals surface area contributed by atoms with E-state index in [2.05, 4.69) is 6.42 Å². The molecule has 9 heavy (non-hydrogen) atoms. The van der Waals surface area contributed by atoms with E-state index in [0.717, 1.165) is 23.7 Å². The fraction of sp³-hybridized carbons (Fsp3) is 0.889. The van der Waals surface area contributed by atoms with E-state index in [1.165, 1.54) is 25.7 Å². The molecule has 48 valence electrons. The van der Waals surface area contributed by atoms with E-state index in [1.54, 1.807) is 0 Å². The van der Waals surface area contributed by atoms with Gasteiger partial charge in [0.1, 0.15) is 0 Å². The average molecular weight is 120 g/mol. The van der Waals surface area contributed by atoms with E-state index in [1.807, 2.05) is 0 Å². The van der Waals surface area contributed by atoms with Crippen LogP contribution in [0.25, 0.3) is 0 Å². The largest absolute Gasteiger partial charge is 0.0527 e. The molecule has 4 aliphatic rings. The van der Waals surface area contributed by atoms with E-state index in [0.29, 0.717) is 0 Å². The van der Waals surface area contributed by atoms with Crippen LogP contribution in [0.15, 0.2) is 0 Å². The first-order valence-electron chi connectivity index (χ1n) is 4.21. The van der Waals surface area contributed by atoms with Gasteiger partial charge >= 0.3 is 0 Å². The van der Waals surface area contributed by atoms with Gasteiger partial charge in [-0.25, -0.2) is 0 Å². The van der Waals surface area contributed by atoms with Crippen LogP contribution in [0.2, 0.25) is 0 Å². The number of rotatable bonds is 0. The molecule has 0 amide bonds. The molecule has 2 radical (unpaired) electrons. The van der Waals surface area contributed by atoms with Crippen molar-refractivity contribution >= 4 is 0 Å². The molecule has 0 aromatic carbocycles. The molecule has 0 nitrogen and oxygen atoms in total. The zero-order chi connectivity index (χ0) is 5.84. The van der Waals surface area contributed by atoms with Gasteiger partial charge in [-0.1, -0.05) is 6.42 Å². The minimum absolute atomic E-state index is 0.953. The van der Waals surface area contributed by atoms with Crippen LogP contribution >= 0.6 is 0 Å². The minimum atomic E-state index is 0.953. The summed E-state index contributed by atoms with van der Waals surface area (Å²) in [6.45, 7) is 0. The maximum absolute atomic E-state index is 3.69. The first-order valence-corrected chi connectivity index (χ1v) is 4.21. The van der Waals surface area contributed by atoms with E-state index in [9.17, 15) is 0 Å². The van der Waals surface area contributed by atoms with Gasteiger partial charge in [-0.3, -0.25) is 0 Å². The molecule has 0 saturated heterocycles. The predicted octanol–water partition coefficient (Wildman–Crippen LogP) is 2.13. The molecule has 4 saturated carbocycles. The molecule has 4 atom stereocenters. The Morgan fingerprint density at radius 1 is 1.00 bits per heavy atom. The Bertz CT molecular complexity index is 133. The normalized spacial score (nSPS) is 61.3. The molecule has 0 aromatic rings. The van der Waals surface area contributed by atoms with Gasteiger partial charge in [0, 0.05) is 0 Å². The smallest absolute Gasteiger partial charge is 0.00999 e. The van der Waals surface area contributed by atoms with E-state index in [-0.39, 0.29) is 0 Å². The van der Waals surface area contributed by atoms with Gasteiger partial charge < -0.3 is 0 Å². The topological polar surface area (TPSA) is 0 Å². The fourth-order valence-corrected chi connectivity index (χ4v) is 3.08. The molecule has 0 heterocycles. The Morgan fingerprint density at radius 2 is 2.00 bits per heavy atom. The quantitative estimate of drug-likeness (QED) is 0.459. The van der Waals surface area contributed by atoms with Gasteiger partial charge in [0.25, 0.3) is 0 Å². The first-order chi connectivity index (χ1) is 4.45. The van der Waals surface area contributed by atoms with E-state index >= 15 is 0 Å².